The Balaban J connectivity index is 1.72. The van der Waals surface area contributed by atoms with Crippen LogP contribution in [0.15, 0.2) is 54.1 Å². The number of para-hydroxylation sites is 1. The number of likely N-dealkylation sites (N-methyl/N-ethyl adjacent to an activating group) is 2. The second kappa shape index (κ2) is 9.13. The number of hydrogen-bond donors (Lipinski definition) is 2. The number of benzene rings is 1. The molecule has 178 valence electrons. The van der Waals surface area contributed by atoms with E-state index in [-0.39, 0.29) is 23.0 Å². The molecule has 0 spiro atoms. The SMILES string of the molecule is CN(C)CCN(C)C1=C([N+](=O)[O-])CC(N)(c2ncc(Cl)c(-c3c[nH]c4c(F)cccc34)n2)C=C1. The van der Waals surface area contributed by atoms with Crippen molar-refractivity contribution in [3.63, 3.8) is 0 Å². The van der Waals surface area contributed by atoms with Crippen LogP contribution in [0.4, 0.5) is 4.39 Å². The molecule has 1 unspecified atom stereocenters. The van der Waals surface area contributed by atoms with E-state index in [1.807, 2.05) is 30.9 Å². The molecule has 1 atom stereocenters. The van der Waals surface area contributed by atoms with Gasteiger partial charge in [0.1, 0.15) is 17.1 Å². The molecule has 34 heavy (non-hydrogen) atoms. The summed E-state index contributed by atoms with van der Waals surface area (Å²) in [5.74, 6) is -0.213. The van der Waals surface area contributed by atoms with Crippen molar-refractivity contribution in [3.05, 3.63) is 80.9 Å². The van der Waals surface area contributed by atoms with Crippen LogP contribution in [0.2, 0.25) is 5.02 Å². The van der Waals surface area contributed by atoms with Crippen molar-refractivity contribution in [1.29, 1.82) is 0 Å². The Bertz CT molecular complexity index is 1320. The number of nitrogens with one attached hydrogen (secondary N) is 1. The lowest BCUT2D eigenvalue weighted by molar-refractivity contribution is -0.431. The van der Waals surface area contributed by atoms with Crippen LogP contribution in [-0.4, -0.2) is 63.9 Å². The van der Waals surface area contributed by atoms with Crippen molar-refractivity contribution in [2.45, 2.75) is 12.0 Å². The monoisotopic (exact) mass is 485 g/mol. The molecular formula is C23H25ClFN7O2. The van der Waals surface area contributed by atoms with Gasteiger partial charge >= 0.3 is 0 Å². The number of nitro groups is 1. The van der Waals surface area contributed by atoms with Gasteiger partial charge in [-0.2, -0.15) is 0 Å². The van der Waals surface area contributed by atoms with Crippen LogP contribution < -0.4 is 5.73 Å². The molecule has 0 saturated heterocycles. The number of allylic oxidation sites excluding steroid dienone is 1. The molecule has 0 radical (unpaired) electrons. The zero-order chi connectivity index (χ0) is 24.6. The predicted octanol–water partition coefficient (Wildman–Crippen LogP) is 3.51. The van der Waals surface area contributed by atoms with Gasteiger partial charge < -0.3 is 20.5 Å². The molecule has 0 fully saturated rings. The fraction of sp³-hybridized carbons (Fsp3) is 0.304. The van der Waals surface area contributed by atoms with Gasteiger partial charge in [0.2, 0.25) is 0 Å². The summed E-state index contributed by atoms with van der Waals surface area (Å²) in [4.78, 5) is 27.1. The molecule has 0 saturated carbocycles. The van der Waals surface area contributed by atoms with Gasteiger partial charge in [-0.25, -0.2) is 14.4 Å². The molecule has 4 rings (SSSR count). The van der Waals surface area contributed by atoms with Crippen LogP contribution in [0.3, 0.4) is 0 Å². The third kappa shape index (κ3) is 4.39. The van der Waals surface area contributed by atoms with Gasteiger partial charge in [0.05, 0.1) is 27.6 Å². The molecule has 0 aliphatic heterocycles. The van der Waals surface area contributed by atoms with Crippen LogP contribution in [0.25, 0.3) is 22.2 Å². The first-order chi connectivity index (χ1) is 16.1. The van der Waals surface area contributed by atoms with Crippen molar-refractivity contribution < 1.29 is 9.31 Å². The van der Waals surface area contributed by atoms with Crippen LogP contribution in [0.5, 0.6) is 0 Å². The van der Waals surface area contributed by atoms with E-state index in [1.54, 1.807) is 30.5 Å². The number of nitrogens with two attached hydrogens (primary N) is 1. The standard InChI is InChI=1S/C23H25ClFN7O2/c1-30(2)9-10-31(3)18-7-8-23(26,11-19(18)32(33)34)22-28-13-16(24)20(29-22)15-12-27-21-14(15)5-4-6-17(21)25/h4-8,12-13,27H,9-11,26H2,1-3H3. The van der Waals surface area contributed by atoms with E-state index in [9.17, 15) is 14.5 Å². The Kier molecular flexibility index (Phi) is 6.39. The first-order valence-electron chi connectivity index (χ1n) is 10.6. The lowest BCUT2D eigenvalue weighted by atomic mass is 9.87. The topological polar surface area (TPSA) is 117 Å². The minimum Gasteiger partial charge on any atom is -0.368 e. The fourth-order valence-corrected chi connectivity index (χ4v) is 4.17. The normalized spacial score (nSPS) is 18.2. The molecule has 3 N–H and O–H groups in total. The maximum Gasteiger partial charge on any atom is 0.271 e. The molecule has 1 aliphatic rings. The summed E-state index contributed by atoms with van der Waals surface area (Å²) in [5.41, 5.74) is 7.06. The van der Waals surface area contributed by atoms with Gasteiger partial charge in [0.25, 0.3) is 5.70 Å². The maximum atomic E-state index is 14.2. The highest BCUT2D eigenvalue weighted by molar-refractivity contribution is 6.33. The molecule has 2 aromatic heterocycles. The number of aromatic nitrogens is 3. The summed E-state index contributed by atoms with van der Waals surface area (Å²) < 4.78 is 14.2. The van der Waals surface area contributed by atoms with Crippen molar-refractivity contribution in [3.8, 4) is 11.3 Å². The van der Waals surface area contributed by atoms with Gasteiger partial charge in [-0.3, -0.25) is 10.1 Å². The quantitative estimate of drug-likeness (QED) is 0.388. The number of hydrogen-bond acceptors (Lipinski definition) is 7. The highest BCUT2D eigenvalue weighted by Crippen LogP contribution is 2.37. The molecule has 11 heteroatoms. The van der Waals surface area contributed by atoms with Crippen LogP contribution in [0, 0.1) is 15.9 Å². The van der Waals surface area contributed by atoms with Crippen LogP contribution in [0.1, 0.15) is 12.2 Å². The molecule has 3 aromatic rings. The van der Waals surface area contributed by atoms with E-state index in [0.29, 0.717) is 34.4 Å². The lowest BCUT2D eigenvalue weighted by Gasteiger charge is -2.30. The second-order valence-corrected chi connectivity index (χ2v) is 9.03. The summed E-state index contributed by atoms with van der Waals surface area (Å²) in [6, 6.07) is 4.71. The van der Waals surface area contributed by atoms with Crippen molar-refractivity contribution in [2.24, 2.45) is 5.73 Å². The highest BCUT2D eigenvalue weighted by Gasteiger charge is 2.39. The van der Waals surface area contributed by atoms with Gasteiger partial charge in [-0.15, -0.1) is 0 Å². The first kappa shape index (κ1) is 23.8. The summed E-state index contributed by atoms with van der Waals surface area (Å²) in [5, 5.41) is 12.8. The van der Waals surface area contributed by atoms with Gasteiger partial charge in [0, 0.05) is 43.5 Å². The number of fused-ring (bicyclic) bond motifs is 1. The molecule has 1 aromatic carbocycles. The smallest absolute Gasteiger partial charge is 0.271 e. The minimum absolute atomic E-state index is 0.0134. The van der Waals surface area contributed by atoms with E-state index in [4.69, 9.17) is 17.3 Å². The van der Waals surface area contributed by atoms with E-state index in [2.05, 4.69) is 15.0 Å². The number of aromatic amines is 1. The van der Waals surface area contributed by atoms with Gasteiger partial charge in [-0.05, 0) is 26.2 Å². The summed E-state index contributed by atoms with van der Waals surface area (Å²) >= 11 is 6.40. The van der Waals surface area contributed by atoms with Crippen molar-refractivity contribution in [2.75, 3.05) is 34.2 Å². The van der Waals surface area contributed by atoms with E-state index in [1.165, 1.54) is 12.3 Å². The number of halogens is 2. The Morgan fingerprint density at radius 1 is 1.32 bits per heavy atom. The predicted molar refractivity (Wildman–Crippen MR) is 129 cm³/mol. The van der Waals surface area contributed by atoms with E-state index < -0.39 is 16.3 Å². The maximum absolute atomic E-state index is 14.2. The molecule has 1 aliphatic carbocycles. The number of H-pyrrole nitrogens is 1. The van der Waals surface area contributed by atoms with Gasteiger partial charge in [0.15, 0.2) is 5.82 Å². The Hall–Kier alpha value is -3.34. The van der Waals surface area contributed by atoms with E-state index in [0.717, 1.165) is 6.54 Å². The van der Waals surface area contributed by atoms with Crippen LogP contribution in [-0.2, 0) is 5.54 Å². The van der Waals surface area contributed by atoms with E-state index >= 15 is 0 Å². The third-order valence-corrected chi connectivity index (χ3v) is 6.17. The minimum atomic E-state index is -1.31. The summed E-state index contributed by atoms with van der Waals surface area (Å²) in [7, 11) is 5.69. The molecular weight excluding hydrogens is 461 g/mol. The Morgan fingerprint density at radius 3 is 2.79 bits per heavy atom. The number of rotatable bonds is 7. The average molecular weight is 486 g/mol. The summed E-state index contributed by atoms with van der Waals surface area (Å²) in [6.07, 6.45) is 6.26. The fourth-order valence-electron chi connectivity index (χ4n) is 3.97. The second-order valence-electron chi connectivity index (χ2n) is 8.62. The van der Waals surface area contributed by atoms with Crippen molar-refractivity contribution >= 4 is 22.5 Å². The molecule has 0 amide bonds. The zero-order valence-electron chi connectivity index (χ0n) is 19.0. The highest BCUT2D eigenvalue weighted by atomic mass is 35.5. The largest absolute Gasteiger partial charge is 0.368 e. The number of nitrogens with zero attached hydrogens (tertiary/aromatic N) is 5. The Labute approximate surface area is 200 Å². The van der Waals surface area contributed by atoms with Crippen LogP contribution >= 0.6 is 11.6 Å². The first-order valence-corrected chi connectivity index (χ1v) is 11.0. The molecule has 0 bridgehead atoms. The van der Waals surface area contributed by atoms with Crippen molar-refractivity contribution in [1.82, 2.24) is 24.8 Å². The van der Waals surface area contributed by atoms with Gasteiger partial charge in [-0.1, -0.05) is 29.8 Å². The summed E-state index contributed by atoms with van der Waals surface area (Å²) in [6.45, 7) is 1.35. The molecule has 9 nitrogen and oxygen atoms in total. The zero-order valence-corrected chi connectivity index (χ0v) is 19.8. The third-order valence-electron chi connectivity index (χ3n) is 5.89. The molecule has 2 heterocycles. The lowest BCUT2D eigenvalue weighted by Crippen LogP contribution is -2.41. The average Bonchev–Trinajstić information content (AvgIpc) is 3.23. The Morgan fingerprint density at radius 2 is 2.09 bits per heavy atom.